The highest BCUT2D eigenvalue weighted by molar-refractivity contribution is 5.59. The van der Waals surface area contributed by atoms with Gasteiger partial charge in [-0.1, -0.05) is 44.2 Å². The van der Waals surface area contributed by atoms with Crippen LogP contribution < -0.4 is 5.32 Å². The third-order valence-corrected chi connectivity index (χ3v) is 3.32. The Morgan fingerprint density at radius 2 is 1.86 bits per heavy atom. The molecular formula is C16H19N5. The zero-order valence-electron chi connectivity index (χ0n) is 12.3. The largest absolute Gasteiger partial charge is 0.369 e. The third kappa shape index (κ3) is 3.02. The van der Waals surface area contributed by atoms with E-state index in [4.69, 9.17) is 0 Å². The average molecular weight is 281 g/mol. The van der Waals surface area contributed by atoms with Crippen LogP contribution in [0.5, 0.6) is 0 Å². The fourth-order valence-electron chi connectivity index (χ4n) is 2.14. The average Bonchev–Trinajstić information content (AvgIpc) is 2.91. The summed E-state index contributed by atoms with van der Waals surface area (Å²) in [7, 11) is 0. The molecule has 2 aromatic heterocycles. The Morgan fingerprint density at radius 3 is 2.62 bits per heavy atom. The Hall–Kier alpha value is -2.43. The second-order valence-electron chi connectivity index (χ2n) is 5.49. The molecule has 0 aliphatic carbocycles. The SMILES string of the molecule is CC(C)CCNc1ccc2nnc(-c3ccccc3)n2n1. The minimum absolute atomic E-state index is 0.677. The lowest BCUT2D eigenvalue weighted by atomic mass is 10.1. The van der Waals surface area contributed by atoms with Crippen molar-refractivity contribution in [3.8, 4) is 11.4 Å². The van der Waals surface area contributed by atoms with Gasteiger partial charge in [0.15, 0.2) is 11.5 Å². The summed E-state index contributed by atoms with van der Waals surface area (Å²) < 4.78 is 1.78. The van der Waals surface area contributed by atoms with E-state index >= 15 is 0 Å². The van der Waals surface area contributed by atoms with Gasteiger partial charge in [-0.15, -0.1) is 15.3 Å². The van der Waals surface area contributed by atoms with Crippen LogP contribution in [0.1, 0.15) is 20.3 Å². The molecule has 5 nitrogen and oxygen atoms in total. The lowest BCUT2D eigenvalue weighted by molar-refractivity contribution is 0.606. The lowest BCUT2D eigenvalue weighted by Crippen LogP contribution is -2.08. The summed E-state index contributed by atoms with van der Waals surface area (Å²) in [6.45, 7) is 5.34. The molecule has 0 saturated carbocycles. The van der Waals surface area contributed by atoms with Crippen LogP contribution >= 0.6 is 0 Å². The van der Waals surface area contributed by atoms with Crippen molar-refractivity contribution in [2.24, 2.45) is 5.92 Å². The van der Waals surface area contributed by atoms with Crippen molar-refractivity contribution < 1.29 is 0 Å². The number of benzene rings is 1. The molecule has 21 heavy (non-hydrogen) atoms. The van der Waals surface area contributed by atoms with Crippen molar-refractivity contribution in [1.29, 1.82) is 0 Å². The van der Waals surface area contributed by atoms with E-state index in [2.05, 4.69) is 34.5 Å². The Morgan fingerprint density at radius 1 is 1.05 bits per heavy atom. The van der Waals surface area contributed by atoms with Gasteiger partial charge in [-0.25, -0.2) is 0 Å². The molecule has 0 fully saturated rings. The first-order valence-corrected chi connectivity index (χ1v) is 7.26. The van der Waals surface area contributed by atoms with Gasteiger partial charge in [-0.3, -0.25) is 0 Å². The van der Waals surface area contributed by atoms with Crippen molar-refractivity contribution in [1.82, 2.24) is 19.8 Å². The fraction of sp³-hybridized carbons (Fsp3) is 0.312. The van der Waals surface area contributed by atoms with Crippen molar-refractivity contribution >= 4 is 11.5 Å². The number of aromatic nitrogens is 4. The van der Waals surface area contributed by atoms with Gasteiger partial charge >= 0.3 is 0 Å². The van der Waals surface area contributed by atoms with Gasteiger partial charge in [0.05, 0.1) is 0 Å². The monoisotopic (exact) mass is 281 g/mol. The van der Waals surface area contributed by atoms with Gasteiger partial charge in [0.25, 0.3) is 0 Å². The summed E-state index contributed by atoms with van der Waals surface area (Å²) in [5, 5.41) is 16.3. The number of hydrogen-bond donors (Lipinski definition) is 1. The van der Waals surface area contributed by atoms with Crippen molar-refractivity contribution in [2.75, 3.05) is 11.9 Å². The van der Waals surface area contributed by atoms with E-state index in [1.807, 2.05) is 42.5 Å². The van der Waals surface area contributed by atoms with E-state index in [1.165, 1.54) is 0 Å². The summed E-state index contributed by atoms with van der Waals surface area (Å²) in [5.41, 5.74) is 1.76. The molecule has 0 aliphatic heterocycles. The summed E-state index contributed by atoms with van der Waals surface area (Å²) >= 11 is 0. The first-order chi connectivity index (χ1) is 10.2. The third-order valence-electron chi connectivity index (χ3n) is 3.32. The Labute approximate surface area is 124 Å². The molecule has 0 radical (unpaired) electrons. The van der Waals surface area contributed by atoms with E-state index < -0.39 is 0 Å². The number of nitrogens with zero attached hydrogens (tertiary/aromatic N) is 4. The smallest absolute Gasteiger partial charge is 0.185 e. The summed E-state index contributed by atoms with van der Waals surface area (Å²) in [4.78, 5) is 0. The maximum absolute atomic E-state index is 4.59. The highest BCUT2D eigenvalue weighted by Gasteiger charge is 2.09. The Bertz CT molecular complexity index is 718. The maximum atomic E-state index is 4.59. The van der Waals surface area contributed by atoms with Gasteiger partial charge in [0, 0.05) is 12.1 Å². The molecule has 0 atom stereocenters. The van der Waals surface area contributed by atoms with Gasteiger partial charge in [-0.2, -0.15) is 4.52 Å². The van der Waals surface area contributed by atoms with Crippen molar-refractivity contribution in [2.45, 2.75) is 20.3 Å². The summed E-state index contributed by atoms with van der Waals surface area (Å²) in [5.74, 6) is 2.29. The fourth-order valence-corrected chi connectivity index (χ4v) is 2.14. The molecular weight excluding hydrogens is 262 g/mol. The molecule has 0 aliphatic rings. The Kier molecular flexibility index (Phi) is 3.81. The van der Waals surface area contributed by atoms with Gasteiger partial charge in [-0.05, 0) is 24.5 Å². The zero-order chi connectivity index (χ0) is 14.7. The second kappa shape index (κ2) is 5.91. The molecule has 3 rings (SSSR count). The minimum Gasteiger partial charge on any atom is -0.369 e. The highest BCUT2D eigenvalue weighted by Crippen LogP contribution is 2.17. The van der Waals surface area contributed by atoms with Crippen molar-refractivity contribution in [3.05, 3.63) is 42.5 Å². The van der Waals surface area contributed by atoms with Gasteiger partial charge in [0.1, 0.15) is 5.82 Å². The topological polar surface area (TPSA) is 55.1 Å². The molecule has 0 spiro atoms. The molecule has 3 aromatic rings. The van der Waals surface area contributed by atoms with Crippen LogP contribution in [-0.4, -0.2) is 26.4 Å². The van der Waals surface area contributed by atoms with Crippen LogP contribution in [0.2, 0.25) is 0 Å². The lowest BCUT2D eigenvalue weighted by Gasteiger charge is -2.08. The van der Waals surface area contributed by atoms with Gasteiger partial charge < -0.3 is 5.32 Å². The molecule has 0 amide bonds. The molecule has 0 unspecified atom stereocenters. The van der Waals surface area contributed by atoms with E-state index in [0.29, 0.717) is 5.92 Å². The highest BCUT2D eigenvalue weighted by atomic mass is 15.4. The molecule has 1 N–H and O–H groups in total. The number of anilines is 1. The predicted octanol–water partition coefficient (Wildman–Crippen LogP) is 3.25. The molecule has 2 heterocycles. The predicted molar refractivity (Wildman–Crippen MR) is 84.2 cm³/mol. The van der Waals surface area contributed by atoms with Crippen LogP contribution in [0, 0.1) is 5.92 Å². The van der Waals surface area contributed by atoms with E-state index in [1.54, 1.807) is 4.52 Å². The number of rotatable bonds is 5. The zero-order valence-corrected chi connectivity index (χ0v) is 12.3. The molecule has 5 heteroatoms. The van der Waals surface area contributed by atoms with Gasteiger partial charge in [0.2, 0.25) is 0 Å². The normalized spacial score (nSPS) is 11.2. The quantitative estimate of drug-likeness (QED) is 0.780. The van der Waals surface area contributed by atoms with Crippen molar-refractivity contribution in [3.63, 3.8) is 0 Å². The first-order valence-electron chi connectivity index (χ1n) is 7.26. The first kappa shape index (κ1) is 13.5. The second-order valence-corrected chi connectivity index (χ2v) is 5.49. The summed E-state index contributed by atoms with van der Waals surface area (Å²) in [6.07, 6.45) is 1.12. The molecule has 108 valence electrons. The number of fused-ring (bicyclic) bond motifs is 1. The maximum Gasteiger partial charge on any atom is 0.185 e. The van der Waals surface area contributed by atoms with E-state index in [0.717, 1.165) is 35.8 Å². The van der Waals surface area contributed by atoms with E-state index in [9.17, 15) is 0 Å². The van der Waals surface area contributed by atoms with Crippen LogP contribution in [0.3, 0.4) is 0 Å². The van der Waals surface area contributed by atoms with Crippen LogP contribution in [0.15, 0.2) is 42.5 Å². The standard InChI is InChI=1S/C16H19N5/c1-12(2)10-11-17-14-8-9-15-18-19-16(21(15)20-14)13-6-4-3-5-7-13/h3-9,12H,10-11H2,1-2H3,(H,17,20). The van der Waals surface area contributed by atoms with Crippen LogP contribution in [-0.2, 0) is 0 Å². The number of nitrogens with one attached hydrogen (secondary N) is 1. The summed E-state index contributed by atoms with van der Waals surface area (Å²) in [6, 6.07) is 13.9. The molecule has 0 bridgehead atoms. The number of hydrogen-bond acceptors (Lipinski definition) is 4. The molecule has 1 aromatic carbocycles. The van der Waals surface area contributed by atoms with E-state index in [-0.39, 0.29) is 0 Å². The van der Waals surface area contributed by atoms with Crippen LogP contribution in [0.25, 0.3) is 17.0 Å². The minimum atomic E-state index is 0.677. The van der Waals surface area contributed by atoms with Crippen LogP contribution in [0.4, 0.5) is 5.82 Å². The molecule has 0 saturated heterocycles. The Balaban J connectivity index is 1.89.